The van der Waals surface area contributed by atoms with Gasteiger partial charge in [-0.1, -0.05) is 48.5 Å². The largest absolute Gasteiger partial charge is 0.390 e. The maximum atomic E-state index is 10.3. The molecule has 0 aliphatic carbocycles. The van der Waals surface area contributed by atoms with E-state index in [1.165, 1.54) is 0 Å². The highest BCUT2D eigenvalue weighted by atomic mass is 16.3. The Kier molecular flexibility index (Phi) is 3.95. The van der Waals surface area contributed by atoms with Gasteiger partial charge in [-0.2, -0.15) is 0 Å². The first-order chi connectivity index (χ1) is 10.3. The molecule has 2 N–H and O–H groups in total. The van der Waals surface area contributed by atoms with Crippen molar-refractivity contribution in [2.75, 3.05) is 0 Å². The second-order valence-corrected chi connectivity index (χ2v) is 5.11. The molecular weight excluding hydrogens is 262 g/mol. The zero-order valence-electron chi connectivity index (χ0n) is 11.6. The molecule has 0 fully saturated rings. The van der Waals surface area contributed by atoms with Gasteiger partial charge in [0.25, 0.3) is 0 Å². The lowest BCUT2D eigenvalue weighted by atomic mass is 9.97. The van der Waals surface area contributed by atoms with Gasteiger partial charge in [0.2, 0.25) is 0 Å². The lowest BCUT2D eigenvalue weighted by Gasteiger charge is -2.19. The highest BCUT2D eigenvalue weighted by molar-refractivity contribution is 5.81. The molecule has 106 valence electrons. The molecule has 0 amide bonds. The monoisotopic (exact) mass is 279 g/mol. The van der Waals surface area contributed by atoms with Crippen molar-refractivity contribution in [1.82, 2.24) is 4.98 Å². The molecule has 0 saturated heterocycles. The Labute approximate surface area is 123 Å². The van der Waals surface area contributed by atoms with E-state index in [9.17, 15) is 10.2 Å². The van der Waals surface area contributed by atoms with Crippen molar-refractivity contribution in [1.29, 1.82) is 0 Å². The molecule has 0 saturated carbocycles. The topological polar surface area (TPSA) is 53.4 Å². The molecule has 3 nitrogen and oxygen atoms in total. The predicted octanol–water partition coefficient (Wildman–Crippen LogP) is 2.87. The van der Waals surface area contributed by atoms with Gasteiger partial charge in [0.1, 0.15) is 6.10 Å². The Morgan fingerprint density at radius 3 is 2.38 bits per heavy atom. The molecule has 0 radical (unpaired) electrons. The number of pyridine rings is 1. The SMILES string of the molecule is OC(Cc1ccnc2ccccc12)C(O)c1ccccc1. The summed E-state index contributed by atoms with van der Waals surface area (Å²) in [6.45, 7) is 0. The smallest absolute Gasteiger partial charge is 0.105 e. The van der Waals surface area contributed by atoms with Crippen LogP contribution < -0.4 is 0 Å². The minimum absolute atomic E-state index is 0.388. The highest BCUT2D eigenvalue weighted by Gasteiger charge is 2.19. The number of hydrogen-bond donors (Lipinski definition) is 2. The molecule has 1 heterocycles. The minimum atomic E-state index is -0.891. The van der Waals surface area contributed by atoms with E-state index in [-0.39, 0.29) is 0 Å². The van der Waals surface area contributed by atoms with E-state index in [0.717, 1.165) is 22.0 Å². The molecule has 0 aliphatic heterocycles. The van der Waals surface area contributed by atoms with Crippen LogP contribution in [0.1, 0.15) is 17.2 Å². The van der Waals surface area contributed by atoms with E-state index in [2.05, 4.69) is 4.98 Å². The number of benzene rings is 2. The number of aliphatic hydroxyl groups is 2. The van der Waals surface area contributed by atoms with Crippen LogP contribution in [0.25, 0.3) is 10.9 Å². The summed E-state index contributed by atoms with van der Waals surface area (Å²) in [5.41, 5.74) is 2.61. The Balaban J connectivity index is 1.85. The van der Waals surface area contributed by atoms with Crippen molar-refractivity contribution in [3.05, 3.63) is 78.0 Å². The van der Waals surface area contributed by atoms with Crippen molar-refractivity contribution in [3.8, 4) is 0 Å². The number of hydrogen-bond acceptors (Lipinski definition) is 3. The van der Waals surface area contributed by atoms with Gasteiger partial charge in [0.15, 0.2) is 0 Å². The molecule has 0 aliphatic rings. The molecule has 2 unspecified atom stereocenters. The van der Waals surface area contributed by atoms with E-state index in [1.54, 1.807) is 6.20 Å². The second-order valence-electron chi connectivity index (χ2n) is 5.11. The third-order valence-electron chi connectivity index (χ3n) is 3.67. The van der Waals surface area contributed by atoms with Gasteiger partial charge >= 0.3 is 0 Å². The molecule has 1 aromatic heterocycles. The van der Waals surface area contributed by atoms with E-state index in [4.69, 9.17) is 0 Å². The van der Waals surface area contributed by atoms with Crippen LogP contribution in [0.2, 0.25) is 0 Å². The minimum Gasteiger partial charge on any atom is -0.390 e. The van der Waals surface area contributed by atoms with E-state index in [1.807, 2.05) is 60.7 Å². The van der Waals surface area contributed by atoms with Gasteiger partial charge < -0.3 is 10.2 Å². The molecule has 3 heteroatoms. The molecule has 0 bridgehead atoms. The van der Waals surface area contributed by atoms with Gasteiger partial charge in [-0.3, -0.25) is 4.98 Å². The van der Waals surface area contributed by atoms with Crippen LogP contribution in [0.15, 0.2) is 66.9 Å². The zero-order valence-corrected chi connectivity index (χ0v) is 11.6. The van der Waals surface area contributed by atoms with E-state index in [0.29, 0.717) is 6.42 Å². The van der Waals surface area contributed by atoms with Crippen LogP contribution >= 0.6 is 0 Å². The number of aromatic nitrogens is 1. The lowest BCUT2D eigenvalue weighted by Crippen LogP contribution is -2.21. The fourth-order valence-corrected chi connectivity index (χ4v) is 2.54. The van der Waals surface area contributed by atoms with Crippen molar-refractivity contribution in [3.63, 3.8) is 0 Å². The summed E-state index contributed by atoms with van der Waals surface area (Å²) in [4.78, 5) is 4.31. The summed E-state index contributed by atoms with van der Waals surface area (Å²) in [7, 11) is 0. The Hall–Kier alpha value is -2.23. The van der Waals surface area contributed by atoms with Crippen molar-refractivity contribution >= 4 is 10.9 Å². The van der Waals surface area contributed by atoms with E-state index >= 15 is 0 Å². The van der Waals surface area contributed by atoms with Crippen LogP contribution in [0.5, 0.6) is 0 Å². The van der Waals surface area contributed by atoms with Crippen molar-refractivity contribution in [2.24, 2.45) is 0 Å². The Bertz CT molecular complexity index is 722. The molecule has 0 spiro atoms. The lowest BCUT2D eigenvalue weighted by molar-refractivity contribution is 0.0191. The second kappa shape index (κ2) is 6.04. The number of aliphatic hydroxyl groups excluding tert-OH is 2. The van der Waals surface area contributed by atoms with Gasteiger partial charge in [-0.15, -0.1) is 0 Å². The fraction of sp³-hybridized carbons (Fsp3) is 0.167. The summed E-state index contributed by atoms with van der Waals surface area (Å²) in [6, 6.07) is 18.9. The van der Waals surface area contributed by atoms with Gasteiger partial charge in [-0.25, -0.2) is 0 Å². The van der Waals surface area contributed by atoms with Crippen LogP contribution in [0.3, 0.4) is 0 Å². The van der Waals surface area contributed by atoms with Gasteiger partial charge in [-0.05, 0) is 23.3 Å². The standard InChI is InChI=1S/C18H17NO2/c20-17(18(21)13-6-2-1-3-7-13)12-14-10-11-19-16-9-5-4-8-15(14)16/h1-11,17-18,20-21H,12H2. The number of rotatable bonds is 4. The quantitative estimate of drug-likeness (QED) is 0.772. The number of fused-ring (bicyclic) bond motifs is 1. The third-order valence-corrected chi connectivity index (χ3v) is 3.67. The predicted molar refractivity (Wildman–Crippen MR) is 82.9 cm³/mol. The average Bonchev–Trinajstić information content (AvgIpc) is 2.55. The maximum Gasteiger partial charge on any atom is 0.105 e. The van der Waals surface area contributed by atoms with Crippen LogP contribution in [0.4, 0.5) is 0 Å². The van der Waals surface area contributed by atoms with Gasteiger partial charge in [0.05, 0.1) is 11.6 Å². The summed E-state index contributed by atoms with van der Waals surface area (Å²) >= 11 is 0. The molecule has 2 atom stereocenters. The first kappa shape index (κ1) is 13.7. The molecular formula is C18H17NO2. The Morgan fingerprint density at radius 2 is 1.57 bits per heavy atom. The summed E-state index contributed by atoms with van der Waals surface area (Å²) in [6.07, 6.45) is 0.384. The summed E-state index contributed by atoms with van der Waals surface area (Å²) in [5, 5.41) is 21.6. The molecule has 3 rings (SSSR count). The fourth-order valence-electron chi connectivity index (χ4n) is 2.54. The van der Waals surface area contributed by atoms with E-state index < -0.39 is 12.2 Å². The zero-order chi connectivity index (χ0) is 14.7. The third kappa shape index (κ3) is 2.94. The normalized spacial score (nSPS) is 14.0. The van der Waals surface area contributed by atoms with Gasteiger partial charge in [0, 0.05) is 18.0 Å². The Morgan fingerprint density at radius 1 is 0.857 bits per heavy atom. The van der Waals surface area contributed by atoms with Crippen LogP contribution in [-0.4, -0.2) is 21.3 Å². The molecule has 21 heavy (non-hydrogen) atoms. The average molecular weight is 279 g/mol. The summed E-state index contributed by atoms with van der Waals surface area (Å²) in [5.74, 6) is 0. The molecule has 3 aromatic rings. The first-order valence-corrected chi connectivity index (χ1v) is 6.99. The van der Waals surface area contributed by atoms with Crippen LogP contribution in [0, 0.1) is 0 Å². The summed E-state index contributed by atoms with van der Waals surface area (Å²) < 4.78 is 0. The number of para-hydroxylation sites is 1. The molecule has 2 aromatic carbocycles. The highest BCUT2D eigenvalue weighted by Crippen LogP contribution is 2.23. The first-order valence-electron chi connectivity index (χ1n) is 6.99. The van der Waals surface area contributed by atoms with Crippen molar-refractivity contribution in [2.45, 2.75) is 18.6 Å². The van der Waals surface area contributed by atoms with Crippen LogP contribution in [-0.2, 0) is 6.42 Å². The van der Waals surface area contributed by atoms with Crippen molar-refractivity contribution < 1.29 is 10.2 Å². The maximum absolute atomic E-state index is 10.3. The number of nitrogens with zero attached hydrogens (tertiary/aromatic N) is 1.